The van der Waals surface area contributed by atoms with Crippen molar-refractivity contribution in [3.05, 3.63) is 30.1 Å². The van der Waals surface area contributed by atoms with Crippen LogP contribution in [-0.4, -0.2) is 29.0 Å². The number of nitrogens with two attached hydrogens (primary N) is 1. The quantitative estimate of drug-likeness (QED) is 0.749. The van der Waals surface area contributed by atoms with Crippen LogP contribution >= 0.6 is 0 Å². The first-order valence-corrected chi connectivity index (χ1v) is 8.07. The van der Waals surface area contributed by atoms with E-state index in [2.05, 4.69) is 49.7 Å². The van der Waals surface area contributed by atoms with Crippen molar-refractivity contribution < 1.29 is 0 Å². The highest BCUT2D eigenvalue weighted by Crippen LogP contribution is 2.26. The molecule has 1 rings (SSSR count). The van der Waals surface area contributed by atoms with E-state index in [9.17, 15) is 0 Å². The third kappa shape index (κ3) is 4.57. The fourth-order valence-corrected chi connectivity index (χ4v) is 2.83. The molecule has 0 bridgehead atoms. The van der Waals surface area contributed by atoms with Gasteiger partial charge in [0.1, 0.15) is 0 Å². The van der Waals surface area contributed by atoms with Crippen LogP contribution in [0.15, 0.2) is 24.5 Å². The molecule has 1 heterocycles. The first kappa shape index (κ1) is 17.1. The van der Waals surface area contributed by atoms with Gasteiger partial charge >= 0.3 is 0 Å². The van der Waals surface area contributed by atoms with Crippen LogP contribution in [-0.2, 0) is 0 Å². The normalized spacial score (nSPS) is 14.8. The van der Waals surface area contributed by atoms with E-state index in [1.807, 2.05) is 12.4 Å². The van der Waals surface area contributed by atoms with Gasteiger partial charge in [-0.15, -0.1) is 0 Å². The van der Waals surface area contributed by atoms with Crippen molar-refractivity contribution in [1.82, 2.24) is 9.88 Å². The van der Waals surface area contributed by atoms with Gasteiger partial charge in [0.2, 0.25) is 0 Å². The number of nitrogens with zero attached hydrogens (tertiary/aromatic N) is 2. The lowest BCUT2D eigenvalue weighted by atomic mass is 9.94. The van der Waals surface area contributed by atoms with Crippen molar-refractivity contribution in [1.29, 1.82) is 0 Å². The summed E-state index contributed by atoms with van der Waals surface area (Å²) >= 11 is 0. The van der Waals surface area contributed by atoms with Gasteiger partial charge in [-0.05, 0) is 36.6 Å². The summed E-state index contributed by atoms with van der Waals surface area (Å²) in [5, 5.41) is 0. The van der Waals surface area contributed by atoms with E-state index in [-0.39, 0.29) is 6.04 Å². The molecule has 0 saturated heterocycles. The highest BCUT2D eigenvalue weighted by Gasteiger charge is 2.26. The highest BCUT2D eigenvalue weighted by molar-refractivity contribution is 5.17. The van der Waals surface area contributed by atoms with Crippen molar-refractivity contribution in [3.63, 3.8) is 0 Å². The second-order valence-electron chi connectivity index (χ2n) is 5.57. The van der Waals surface area contributed by atoms with Crippen molar-refractivity contribution in [3.8, 4) is 0 Å². The first-order chi connectivity index (χ1) is 9.67. The van der Waals surface area contributed by atoms with Gasteiger partial charge in [-0.3, -0.25) is 9.88 Å². The van der Waals surface area contributed by atoms with Crippen LogP contribution in [0.1, 0.15) is 58.6 Å². The summed E-state index contributed by atoms with van der Waals surface area (Å²) in [5.41, 5.74) is 7.72. The van der Waals surface area contributed by atoms with Gasteiger partial charge in [0.05, 0.1) is 0 Å². The van der Waals surface area contributed by atoms with Crippen molar-refractivity contribution in [2.75, 3.05) is 13.1 Å². The summed E-state index contributed by atoms with van der Waals surface area (Å²) in [5.74, 6) is 0.753. The van der Waals surface area contributed by atoms with Gasteiger partial charge in [0.15, 0.2) is 0 Å². The van der Waals surface area contributed by atoms with Gasteiger partial charge in [0.25, 0.3) is 0 Å². The molecule has 2 N–H and O–H groups in total. The summed E-state index contributed by atoms with van der Waals surface area (Å²) in [6.07, 6.45) is 7.20. The van der Waals surface area contributed by atoms with E-state index in [0.717, 1.165) is 25.4 Å². The molecule has 3 heteroatoms. The Morgan fingerprint density at radius 1 is 1.05 bits per heavy atom. The molecule has 2 atom stereocenters. The van der Waals surface area contributed by atoms with Crippen LogP contribution in [0.25, 0.3) is 0 Å². The minimum Gasteiger partial charge on any atom is -0.326 e. The van der Waals surface area contributed by atoms with E-state index in [1.54, 1.807) is 0 Å². The zero-order valence-electron chi connectivity index (χ0n) is 13.5. The van der Waals surface area contributed by atoms with Crippen LogP contribution in [0.2, 0.25) is 0 Å². The third-order valence-corrected chi connectivity index (χ3v) is 4.37. The number of pyridine rings is 1. The van der Waals surface area contributed by atoms with E-state index >= 15 is 0 Å². The van der Waals surface area contributed by atoms with Gasteiger partial charge in [-0.25, -0.2) is 0 Å². The number of rotatable bonds is 9. The molecule has 20 heavy (non-hydrogen) atoms. The molecule has 0 aliphatic carbocycles. The van der Waals surface area contributed by atoms with Crippen LogP contribution in [0, 0.1) is 5.92 Å². The van der Waals surface area contributed by atoms with Gasteiger partial charge in [-0.1, -0.05) is 40.5 Å². The molecular formula is C17H31N3. The Balaban J connectivity index is 2.95. The molecular weight excluding hydrogens is 246 g/mol. The Morgan fingerprint density at radius 2 is 1.65 bits per heavy atom. The molecule has 0 fully saturated rings. The lowest BCUT2D eigenvalue weighted by molar-refractivity contribution is 0.147. The van der Waals surface area contributed by atoms with E-state index in [0.29, 0.717) is 6.04 Å². The lowest BCUT2D eigenvalue weighted by Gasteiger charge is -2.37. The Kier molecular flexibility index (Phi) is 7.78. The Bertz CT molecular complexity index is 349. The molecule has 0 aliphatic heterocycles. The predicted octanol–water partition coefficient (Wildman–Crippen LogP) is 3.62. The topological polar surface area (TPSA) is 42.2 Å². The molecule has 1 aromatic heterocycles. The second kappa shape index (κ2) is 9.09. The van der Waals surface area contributed by atoms with Crippen LogP contribution in [0.4, 0.5) is 0 Å². The summed E-state index contributed by atoms with van der Waals surface area (Å²) in [6.45, 7) is 11.1. The minimum atomic E-state index is 0.173. The van der Waals surface area contributed by atoms with Crippen molar-refractivity contribution in [2.24, 2.45) is 11.7 Å². The van der Waals surface area contributed by atoms with Gasteiger partial charge < -0.3 is 5.73 Å². The van der Waals surface area contributed by atoms with Gasteiger partial charge in [-0.2, -0.15) is 0 Å². The van der Waals surface area contributed by atoms with Crippen molar-refractivity contribution in [2.45, 2.75) is 59.0 Å². The van der Waals surface area contributed by atoms with Crippen molar-refractivity contribution >= 4 is 0 Å². The van der Waals surface area contributed by atoms with Crippen LogP contribution in [0.5, 0.6) is 0 Å². The lowest BCUT2D eigenvalue weighted by Crippen LogP contribution is -2.42. The predicted molar refractivity (Wildman–Crippen MR) is 86.6 cm³/mol. The zero-order valence-corrected chi connectivity index (χ0v) is 13.5. The van der Waals surface area contributed by atoms with Gasteiger partial charge in [0, 0.05) is 31.0 Å². The molecule has 0 aliphatic rings. The molecule has 1 aromatic rings. The second-order valence-corrected chi connectivity index (χ2v) is 5.57. The Labute approximate surface area is 124 Å². The molecule has 0 spiro atoms. The number of aromatic nitrogens is 1. The average molecular weight is 277 g/mol. The molecule has 0 aromatic carbocycles. The molecule has 0 amide bonds. The molecule has 0 radical (unpaired) electrons. The zero-order chi connectivity index (χ0) is 15.0. The SMILES string of the molecule is CCC(CC)CN(CC)C(c1ccncc1)C(N)CC. The number of hydrogen-bond acceptors (Lipinski definition) is 3. The monoisotopic (exact) mass is 277 g/mol. The largest absolute Gasteiger partial charge is 0.326 e. The maximum Gasteiger partial charge on any atom is 0.0500 e. The van der Waals surface area contributed by atoms with E-state index < -0.39 is 0 Å². The van der Waals surface area contributed by atoms with E-state index in [4.69, 9.17) is 5.73 Å². The smallest absolute Gasteiger partial charge is 0.0500 e. The standard InChI is InChI=1S/C17H31N3/c1-5-14(6-2)13-20(8-4)17(16(18)7-3)15-9-11-19-12-10-15/h9-12,14,16-17H,5-8,13,18H2,1-4H3. The maximum atomic E-state index is 6.42. The summed E-state index contributed by atoms with van der Waals surface area (Å²) in [7, 11) is 0. The first-order valence-electron chi connectivity index (χ1n) is 8.07. The maximum absolute atomic E-state index is 6.42. The van der Waals surface area contributed by atoms with E-state index in [1.165, 1.54) is 18.4 Å². The van der Waals surface area contributed by atoms with Crippen LogP contribution in [0.3, 0.4) is 0 Å². The molecule has 2 unspecified atom stereocenters. The Hall–Kier alpha value is -0.930. The summed E-state index contributed by atoms with van der Waals surface area (Å²) in [4.78, 5) is 6.67. The van der Waals surface area contributed by atoms with Crippen LogP contribution < -0.4 is 5.73 Å². The minimum absolute atomic E-state index is 0.173. The number of hydrogen-bond donors (Lipinski definition) is 1. The molecule has 3 nitrogen and oxygen atoms in total. The third-order valence-electron chi connectivity index (χ3n) is 4.37. The average Bonchev–Trinajstić information content (AvgIpc) is 2.51. The molecule has 0 saturated carbocycles. The number of likely N-dealkylation sites (N-methyl/N-ethyl adjacent to an activating group) is 1. The fourth-order valence-electron chi connectivity index (χ4n) is 2.83. The summed E-state index contributed by atoms with van der Waals surface area (Å²) < 4.78 is 0. The fraction of sp³-hybridized carbons (Fsp3) is 0.706. The summed E-state index contributed by atoms with van der Waals surface area (Å²) in [6, 6.07) is 4.69. The Morgan fingerprint density at radius 3 is 2.10 bits per heavy atom. The molecule has 114 valence electrons. The highest BCUT2D eigenvalue weighted by atomic mass is 15.2.